The minimum absolute atomic E-state index is 0.0503. The van der Waals surface area contributed by atoms with Gasteiger partial charge in [0.05, 0.1) is 29.7 Å². The molecule has 0 saturated carbocycles. The molecule has 1 saturated heterocycles. The molecule has 246 valence electrons. The van der Waals surface area contributed by atoms with Crippen LogP contribution in [-0.2, 0) is 18.7 Å². The smallest absolute Gasteiger partial charge is 0.407 e. The van der Waals surface area contributed by atoms with E-state index in [4.69, 9.17) is 8.61 Å². The van der Waals surface area contributed by atoms with Crippen molar-refractivity contribution in [3.05, 3.63) is 59.7 Å². The topological polar surface area (TPSA) is 113 Å². The molecule has 2 aromatic rings. The number of aryl methyl sites for hydroxylation is 1. The fraction of sp³-hybridized carbons (Fsp3) is 0.606. The molecule has 0 radical (unpaired) electrons. The Morgan fingerprint density at radius 3 is 2.05 bits per heavy atom. The first-order valence-electron chi connectivity index (χ1n) is 15.5. The van der Waals surface area contributed by atoms with E-state index in [-0.39, 0.29) is 41.7 Å². The van der Waals surface area contributed by atoms with Crippen molar-refractivity contribution in [2.45, 2.75) is 94.8 Å². The number of thioether (sulfide) groups is 1. The summed E-state index contributed by atoms with van der Waals surface area (Å²) in [5.41, 5.74) is -0.484. The number of hydrogen-bond acceptors (Lipinski definition) is 7. The third kappa shape index (κ3) is 7.08. The van der Waals surface area contributed by atoms with Gasteiger partial charge in [-0.25, -0.2) is 4.79 Å². The van der Waals surface area contributed by atoms with Gasteiger partial charge in [0, 0.05) is 10.8 Å². The zero-order valence-corrected chi connectivity index (χ0v) is 31.2. The van der Waals surface area contributed by atoms with Crippen LogP contribution < -0.4 is 0 Å². The Morgan fingerprint density at radius 1 is 1.00 bits per heavy atom. The molecule has 2 N–H and O–H groups in total. The molecule has 1 aliphatic rings. The maximum Gasteiger partial charge on any atom is 0.407 e. The summed E-state index contributed by atoms with van der Waals surface area (Å²) in [5.74, 6) is -0.0995. The normalized spacial score (nSPS) is 23.0. The van der Waals surface area contributed by atoms with Crippen molar-refractivity contribution in [3.63, 3.8) is 0 Å². The summed E-state index contributed by atoms with van der Waals surface area (Å²) in [4.78, 5) is 15.4. The molecule has 2 aromatic carbocycles. The van der Waals surface area contributed by atoms with Crippen LogP contribution in [0.5, 0.6) is 0 Å². The second-order valence-corrected chi connectivity index (χ2v) is 16.4. The molecule has 1 fully saturated rings. The van der Waals surface area contributed by atoms with Crippen LogP contribution >= 0.6 is 11.8 Å². The first-order chi connectivity index (χ1) is 20.5. The van der Waals surface area contributed by atoms with Crippen molar-refractivity contribution in [3.8, 4) is 0 Å². The highest BCUT2D eigenvalue weighted by molar-refractivity contribution is 7.99. The van der Waals surface area contributed by atoms with E-state index >= 15 is 0 Å². The van der Waals surface area contributed by atoms with E-state index in [1.54, 1.807) is 36.0 Å². The van der Waals surface area contributed by atoms with Gasteiger partial charge in [0.15, 0.2) is 0 Å². The average molecular weight is 666 g/mol. The highest BCUT2D eigenvalue weighted by Gasteiger charge is 2.68. The predicted octanol–water partition coefficient (Wildman–Crippen LogP) is 5.70. The maximum atomic E-state index is 12.9. The van der Waals surface area contributed by atoms with Crippen LogP contribution in [0, 0.1) is 30.6 Å². The fourth-order valence-corrected chi connectivity index (χ4v) is 9.87. The highest BCUT2D eigenvalue weighted by atomic mass is 32.2. The summed E-state index contributed by atoms with van der Waals surface area (Å²) < 4.78 is 36.4. The summed E-state index contributed by atoms with van der Waals surface area (Å²) in [6.45, 7) is 16.2. The Labute approximate surface area is 271 Å². The van der Waals surface area contributed by atoms with E-state index in [0.717, 1.165) is 28.2 Å². The predicted molar refractivity (Wildman–Crippen MR) is 180 cm³/mol. The summed E-state index contributed by atoms with van der Waals surface area (Å²) in [7, 11) is -3.37. The van der Waals surface area contributed by atoms with E-state index in [1.165, 1.54) is 4.90 Å². The van der Waals surface area contributed by atoms with E-state index in [1.807, 2.05) is 79.7 Å². The van der Waals surface area contributed by atoms with Crippen LogP contribution in [0.3, 0.4) is 0 Å². The van der Waals surface area contributed by atoms with E-state index in [0.29, 0.717) is 10.5 Å². The van der Waals surface area contributed by atoms with Crippen molar-refractivity contribution in [1.29, 1.82) is 0 Å². The Morgan fingerprint density at radius 2 is 1.57 bits per heavy atom. The molecular formula is C33H51NO7S2Si. The Hall–Kier alpha value is -1.89. The van der Waals surface area contributed by atoms with Gasteiger partial charge in [-0.2, -0.15) is 8.42 Å². The van der Waals surface area contributed by atoms with Gasteiger partial charge >= 0.3 is 6.09 Å². The number of carbonyl (C=O) groups is 1. The molecule has 0 aliphatic carbocycles. The van der Waals surface area contributed by atoms with E-state index in [2.05, 4.69) is 0 Å². The number of nitrogens with zero attached hydrogens (tertiary/aromatic N) is 1. The third-order valence-corrected chi connectivity index (χ3v) is 12.4. The minimum atomic E-state index is -3.79. The Kier molecular flexibility index (Phi) is 12.2. The largest absolute Gasteiger partial charge is 0.465 e. The molecule has 11 heteroatoms. The van der Waals surface area contributed by atoms with Crippen LogP contribution in [0.25, 0.3) is 0 Å². The fourth-order valence-electron chi connectivity index (χ4n) is 7.35. The summed E-state index contributed by atoms with van der Waals surface area (Å²) >= 11 is 1.68. The van der Waals surface area contributed by atoms with Crippen molar-refractivity contribution in [1.82, 2.24) is 4.90 Å². The molecule has 44 heavy (non-hydrogen) atoms. The zero-order valence-electron chi connectivity index (χ0n) is 27.6. The lowest BCUT2D eigenvalue weighted by Gasteiger charge is -2.66. The van der Waals surface area contributed by atoms with Gasteiger partial charge in [-0.15, -0.1) is 11.8 Å². The lowest BCUT2D eigenvalue weighted by molar-refractivity contribution is -0.227. The molecule has 0 spiro atoms. The molecule has 4 atom stereocenters. The van der Waals surface area contributed by atoms with Crippen LogP contribution in [0.2, 0.25) is 0 Å². The lowest BCUT2D eigenvalue weighted by Crippen LogP contribution is -2.79. The summed E-state index contributed by atoms with van der Waals surface area (Å²) in [6.07, 6.45) is -0.725. The lowest BCUT2D eigenvalue weighted by atomic mass is 9.52. The number of benzene rings is 2. The molecule has 1 heterocycles. The number of carboxylic acid groups (broad SMARTS) is 1. The quantitative estimate of drug-likeness (QED) is 0.159. The first kappa shape index (κ1) is 36.6. The van der Waals surface area contributed by atoms with Gasteiger partial charge in [0.1, 0.15) is 16.1 Å². The van der Waals surface area contributed by atoms with Crippen LogP contribution in [0.1, 0.15) is 71.9 Å². The molecule has 1 amide bonds. The summed E-state index contributed by atoms with van der Waals surface area (Å²) in [5, 5.41) is 23.2. The molecule has 8 nitrogen and oxygen atoms in total. The van der Waals surface area contributed by atoms with Crippen LogP contribution in [0.4, 0.5) is 4.79 Å². The molecular weight excluding hydrogens is 615 g/mol. The average Bonchev–Trinajstić information content (AvgIpc) is 2.95. The van der Waals surface area contributed by atoms with Gasteiger partial charge in [0.2, 0.25) is 0 Å². The molecule has 0 bridgehead atoms. The van der Waals surface area contributed by atoms with E-state index in [9.17, 15) is 23.4 Å². The van der Waals surface area contributed by atoms with Crippen molar-refractivity contribution >= 4 is 38.5 Å². The molecule has 1 unspecified atom stereocenters. The number of rotatable bonds is 13. The summed E-state index contributed by atoms with van der Waals surface area (Å²) in [6, 6.07) is 14.8. The van der Waals surface area contributed by atoms with Crippen molar-refractivity contribution < 1.29 is 32.0 Å². The number of amides is 1. The van der Waals surface area contributed by atoms with Gasteiger partial charge in [-0.3, -0.25) is 9.08 Å². The van der Waals surface area contributed by atoms with Crippen molar-refractivity contribution in [2.24, 2.45) is 23.7 Å². The Balaban J connectivity index is 1.76. The standard InChI is InChI=1S/C33H51NO7S2Si/c1-21(2)32(22(3)4)33(37,23(5)6)30(29(41-44)19-34(32)31(35)36)26-11-13-27(14-12-26)42-18-17-25(8)20-40-43(38,39)28-15-9-24(7)10-16-28/h9-16,21-23,25,29-30,37H,17-20H2,1-8,44H3,(H,35,36)/t25?,29-,30-,33-/m1/s1. The second-order valence-electron chi connectivity index (χ2n) is 13.1. The zero-order chi connectivity index (χ0) is 33.0. The number of likely N-dealkylation sites (tertiary alicyclic amines) is 1. The van der Waals surface area contributed by atoms with Gasteiger partial charge in [0.25, 0.3) is 10.1 Å². The Bertz CT molecular complexity index is 1340. The molecule has 0 aromatic heterocycles. The number of piperidine rings is 1. The molecule has 1 aliphatic heterocycles. The van der Waals surface area contributed by atoms with Gasteiger partial charge < -0.3 is 14.6 Å². The SMILES string of the molecule is Cc1ccc(S(=O)(=O)OCC(C)CCSc2ccc([C@@H]3[C@H](O[SiH3])CN(C(=O)O)C(C(C)C)(C(C)C)[C@@]3(O)C(C)C)cc2)cc1. The number of hydrogen-bond donors (Lipinski definition) is 2. The van der Waals surface area contributed by atoms with Crippen LogP contribution in [-0.4, -0.2) is 76.3 Å². The van der Waals surface area contributed by atoms with Crippen LogP contribution in [0.15, 0.2) is 58.3 Å². The second kappa shape index (κ2) is 14.7. The minimum Gasteiger partial charge on any atom is -0.465 e. The van der Waals surface area contributed by atoms with Gasteiger partial charge in [-0.1, -0.05) is 78.3 Å². The number of aliphatic hydroxyl groups is 1. The van der Waals surface area contributed by atoms with Gasteiger partial charge in [-0.05, 0) is 72.6 Å². The monoisotopic (exact) mass is 665 g/mol. The highest BCUT2D eigenvalue weighted by Crippen LogP contribution is 2.56. The molecule has 3 rings (SSSR count). The third-order valence-electron chi connectivity index (χ3n) is 9.41. The first-order valence-corrected chi connectivity index (χ1v) is 18.7. The van der Waals surface area contributed by atoms with E-state index < -0.39 is 39.4 Å². The van der Waals surface area contributed by atoms with Crippen molar-refractivity contribution in [2.75, 3.05) is 18.9 Å². The maximum absolute atomic E-state index is 12.9.